The Morgan fingerprint density at radius 3 is 0.900 bits per heavy atom. The average Bonchev–Trinajstić information content (AvgIpc) is 3.32. The van der Waals surface area contributed by atoms with E-state index in [4.69, 9.17) is 0 Å². The number of hydrogen-bond donors (Lipinski definition) is 0. The number of unbranched alkanes of at least 4 members (excludes halogenated alkanes) is 14. The molecule has 0 saturated carbocycles. The molecule has 0 aromatic carbocycles. The van der Waals surface area contributed by atoms with Crippen LogP contribution in [0, 0.1) is 13.8 Å². The molecule has 0 spiro atoms. The van der Waals surface area contributed by atoms with Gasteiger partial charge >= 0.3 is 11.4 Å². The first kappa shape index (κ1) is 66.3. The average molecular weight is 1110 g/mol. The third-order valence-corrected chi connectivity index (χ3v) is 16.3. The van der Waals surface area contributed by atoms with Crippen molar-refractivity contribution >= 4 is 0 Å². The van der Waals surface area contributed by atoms with Gasteiger partial charge in [-0.15, -0.1) is 0 Å². The van der Waals surface area contributed by atoms with Crippen molar-refractivity contribution in [2.45, 2.75) is 273 Å². The summed E-state index contributed by atoms with van der Waals surface area (Å²) in [5.74, 6) is 0. The van der Waals surface area contributed by atoms with Gasteiger partial charge in [0.1, 0.15) is 0 Å². The topological polar surface area (TPSA) is 88.0 Å². The molecule has 2 unspecified atom stereocenters. The van der Waals surface area contributed by atoms with Gasteiger partial charge in [0.05, 0.1) is 52.4 Å². The van der Waals surface area contributed by atoms with Crippen molar-refractivity contribution in [3.05, 3.63) is 65.2 Å². The number of aromatic nitrogens is 4. The van der Waals surface area contributed by atoms with Crippen LogP contribution in [0.15, 0.2) is 31.3 Å². The van der Waals surface area contributed by atoms with Crippen LogP contribution < -0.4 is 56.5 Å². The lowest BCUT2D eigenvalue weighted by molar-refractivity contribution is -0.927. The highest BCUT2D eigenvalue weighted by Gasteiger charge is 2.25. The number of fused-ring (bicyclic) bond motifs is 4. The van der Waals surface area contributed by atoms with E-state index in [9.17, 15) is 19.2 Å². The molecule has 2 aromatic heterocycles. The molecule has 4 bridgehead atoms. The number of nitrogens with zero attached hydrogens (tertiary/aromatic N) is 6. The van der Waals surface area contributed by atoms with E-state index in [0.29, 0.717) is 26.2 Å². The van der Waals surface area contributed by atoms with Gasteiger partial charge in [-0.1, -0.05) is 117 Å². The van der Waals surface area contributed by atoms with Crippen LogP contribution in [0.5, 0.6) is 0 Å². The van der Waals surface area contributed by atoms with Gasteiger partial charge < -0.3 is 42.9 Å². The minimum atomic E-state index is -0.149. The predicted molar refractivity (Wildman–Crippen MR) is 289 cm³/mol. The summed E-state index contributed by atoms with van der Waals surface area (Å²) in [6, 6.07) is 3.37. The van der Waals surface area contributed by atoms with E-state index in [2.05, 4.69) is 27.7 Å². The van der Waals surface area contributed by atoms with Gasteiger partial charge in [0.15, 0.2) is 0 Å². The molecule has 10 nitrogen and oxygen atoms in total. The van der Waals surface area contributed by atoms with Gasteiger partial charge in [-0.05, 0) is 130 Å². The standard InChI is InChI=1S/C58H108N6O4.2BrH/c1-7-11-13-15-17-19-25-35-45-63(9-3)47-37-27-21-31-41-59-53(5)51-56(66)62(57(59)67)44-34-24-30-40-50-64(10-4,46-36-26-20-18-16-14-12-8-2)48-38-28-22-32-42-60-54(6)52-55(65)61(58(60)68)43-33-23-29-39-49-63;;/h51-52H,7-50H2,1-6H3;2*1H/q+2;;/p-2. The highest BCUT2D eigenvalue weighted by atomic mass is 79.9. The van der Waals surface area contributed by atoms with E-state index in [0.717, 1.165) is 102 Å². The van der Waals surface area contributed by atoms with Crippen molar-refractivity contribution in [3.8, 4) is 0 Å². The Morgan fingerprint density at radius 1 is 0.357 bits per heavy atom. The summed E-state index contributed by atoms with van der Waals surface area (Å²) in [4.78, 5) is 53.8. The quantitative estimate of drug-likeness (QED) is 0.107. The number of aryl methyl sites for hydroxylation is 2. The van der Waals surface area contributed by atoms with Gasteiger partial charge in [0.25, 0.3) is 11.1 Å². The summed E-state index contributed by atoms with van der Waals surface area (Å²) in [5, 5.41) is 0. The van der Waals surface area contributed by atoms with Crippen LogP contribution >= 0.6 is 0 Å². The predicted octanol–water partition coefficient (Wildman–Crippen LogP) is 6.87. The molecule has 2 aromatic rings. The first-order chi connectivity index (χ1) is 33.1. The summed E-state index contributed by atoms with van der Waals surface area (Å²) >= 11 is 0. The molecule has 0 N–H and O–H groups in total. The van der Waals surface area contributed by atoms with Crippen molar-refractivity contribution in [3.63, 3.8) is 0 Å². The van der Waals surface area contributed by atoms with Crippen LogP contribution in [0.4, 0.5) is 0 Å². The minimum Gasteiger partial charge on any atom is -1.00 e. The molecule has 12 heteroatoms. The number of halogens is 2. The molecule has 3 rings (SSSR count). The maximum atomic E-state index is 13.7. The van der Waals surface area contributed by atoms with Crippen LogP contribution in [0.1, 0.15) is 245 Å². The van der Waals surface area contributed by atoms with Gasteiger partial charge in [-0.2, -0.15) is 0 Å². The van der Waals surface area contributed by atoms with Gasteiger partial charge in [-0.25, -0.2) is 9.59 Å². The minimum absolute atomic E-state index is 0. The highest BCUT2D eigenvalue weighted by molar-refractivity contribution is 5.01. The Morgan fingerprint density at radius 2 is 0.614 bits per heavy atom. The molecule has 2 atom stereocenters. The summed E-state index contributed by atoms with van der Waals surface area (Å²) in [5.41, 5.74) is 1.03. The molecule has 1 aliphatic heterocycles. The van der Waals surface area contributed by atoms with Crippen LogP contribution in [-0.2, 0) is 26.2 Å². The van der Waals surface area contributed by atoms with Gasteiger partial charge in [0, 0.05) is 49.7 Å². The van der Waals surface area contributed by atoms with Crippen molar-refractivity contribution in [2.24, 2.45) is 0 Å². The van der Waals surface area contributed by atoms with Crippen LogP contribution in [0.3, 0.4) is 0 Å². The molecular formula is C58H108Br2N6O4. The van der Waals surface area contributed by atoms with Crippen LogP contribution in [0.2, 0.25) is 0 Å². The Labute approximate surface area is 449 Å². The summed E-state index contributed by atoms with van der Waals surface area (Å²) in [7, 11) is 0. The van der Waals surface area contributed by atoms with Crippen molar-refractivity contribution < 1.29 is 42.9 Å². The maximum Gasteiger partial charge on any atom is 0.331 e. The summed E-state index contributed by atoms with van der Waals surface area (Å²) < 4.78 is 9.11. The zero-order chi connectivity index (χ0) is 49.3. The van der Waals surface area contributed by atoms with Crippen LogP contribution in [-0.4, -0.2) is 79.6 Å². The van der Waals surface area contributed by atoms with E-state index in [-0.39, 0.29) is 56.5 Å². The number of quaternary nitrogens is 2. The first-order valence-electron chi connectivity index (χ1n) is 29.4. The largest absolute Gasteiger partial charge is 1.00 e. The Balaban J connectivity index is 0.0000122. The van der Waals surface area contributed by atoms with E-state index in [1.165, 1.54) is 186 Å². The van der Waals surface area contributed by atoms with Crippen molar-refractivity contribution in [1.82, 2.24) is 18.3 Å². The fourth-order valence-electron chi connectivity index (χ4n) is 11.5. The molecule has 0 fully saturated rings. The number of hydrogen-bond acceptors (Lipinski definition) is 4. The van der Waals surface area contributed by atoms with Crippen molar-refractivity contribution in [1.29, 1.82) is 0 Å². The second kappa shape index (κ2) is 39.7. The Kier molecular flexibility index (Phi) is 37.5. The maximum absolute atomic E-state index is 13.7. The van der Waals surface area contributed by atoms with E-state index < -0.39 is 0 Å². The molecule has 0 radical (unpaired) electrons. The molecule has 70 heavy (non-hydrogen) atoms. The van der Waals surface area contributed by atoms with Crippen LogP contribution in [0.25, 0.3) is 0 Å². The number of rotatable bonds is 20. The first-order valence-corrected chi connectivity index (χ1v) is 29.4. The molecule has 0 aliphatic carbocycles. The Bertz CT molecular complexity index is 1740. The second-order valence-corrected chi connectivity index (χ2v) is 21.7. The monoisotopic (exact) mass is 1110 g/mol. The molecule has 408 valence electrons. The highest BCUT2D eigenvalue weighted by Crippen LogP contribution is 2.20. The lowest BCUT2D eigenvalue weighted by atomic mass is 10.1. The lowest BCUT2D eigenvalue weighted by Gasteiger charge is -2.38. The summed E-state index contributed by atoms with van der Waals surface area (Å²) in [6.45, 7) is 25.1. The molecule has 0 saturated heterocycles. The molecular weight excluding hydrogens is 1000 g/mol. The molecule has 0 amide bonds. The SMILES string of the molecule is CCCCCCCCCC[N+]1(CC)CCCCCCn2c(C)cc(=O)n(c2=O)CCCCCC[N+](CC)(CCCCCCCCCC)CCCCCCn2c(C)cc(=O)n(c2=O)CCCCCC1.[Br-].[Br-]. The van der Waals surface area contributed by atoms with Gasteiger partial charge in [-0.3, -0.25) is 27.9 Å². The Hall–Kier alpha value is -1.76. The third kappa shape index (κ3) is 25.0. The fourth-order valence-corrected chi connectivity index (χ4v) is 11.5. The smallest absolute Gasteiger partial charge is 0.331 e. The van der Waals surface area contributed by atoms with E-state index in [1.807, 2.05) is 23.0 Å². The molecule has 1 aliphatic rings. The fraction of sp³-hybridized carbons (Fsp3) is 0.862. The van der Waals surface area contributed by atoms with E-state index in [1.54, 1.807) is 12.1 Å². The third-order valence-electron chi connectivity index (χ3n) is 16.3. The lowest BCUT2D eigenvalue weighted by Crippen LogP contribution is -3.00. The zero-order valence-electron chi connectivity index (χ0n) is 46.3. The van der Waals surface area contributed by atoms with E-state index >= 15 is 0 Å². The summed E-state index contributed by atoms with van der Waals surface area (Å²) in [6.07, 6.45) is 38.6. The molecule has 3 heterocycles. The second-order valence-electron chi connectivity index (χ2n) is 21.7. The van der Waals surface area contributed by atoms with Crippen molar-refractivity contribution in [2.75, 3.05) is 52.4 Å². The normalized spacial score (nSPS) is 20.3. The van der Waals surface area contributed by atoms with Gasteiger partial charge in [0.2, 0.25) is 0 Å². The zero-order valence-corrected chi connectivity index (χ0v) is 49.5.